The highest BCUT2D eigenvalue weighted by molar-refractivity contribution is 5.80. The molecule has 1 fully saturated rings. The minimum Gasteiger partial charge on any atom is -0.361 e. The Morgan fingerprint density at radius 2 is 2.11 bits per heavy atom. The maximum atomic E-state index is 3.92. The van der Waals surface area contributed by atoms with Crippen molar-refractivity contribution in [3.63, 3.8) is 0 Å². The van der Waals surface area contributed by atoms with Gasteiger partial charge in [0.05, 0.1) is 0 Å². The summed E-state index contributed by atoms with van der Waals surface area (Å²) in [6, 6.07) is 9.32. The van der Waals surface area contributed by atoms with Gasteiger partial charge in [0.1, 0.15) is 0 Å². The standard InChI is InChI=1S/C16H21N3/c1-2-3-16(19-10-8-17-9-11-19)14-5-4-13-6-7-18-15(13)12-14/h2,4-7,12,16-18H,1,3,8-11H2/t16-/m0/s1. The lowest BCUT2D eigenvalue weighted by Crippen LogP contribution is -2.45. The average Bonchev–Trinajstić information content (AvgIpc) is 2.93. The predicted molar refractivity (Wildman–Crippen MR) is 80.3 cm³/mol. The number of fused-ring (bicyclic) bond motifs is 1. The summed E-state index contributed by atoms with van der Waals surface area (Å²) in [7, 11) is 0. The van der Waals surface area contributed by atoms with E-state index in [1.54, 1.807) is 0 Å². The minimum absolute atomic E-state index is 0.451. The molecule has 1 aromatic heterocycles. The highest BCUT2D eigenvalue weighted by atomic mass is 15.2. The number of nitrogens with zero attached hydrogens (tertiary/aromatic N) is 1. The molecule has 0 radical (unpaired) electrons. The molecular weight excluding hydrogens is 234 g/mol. The Morgan fingerprint density at radius 3 is 2.89 bits per heavy atom. The highest BCUT2D eigenvalue weighted by Gasteiger charge is 2.21. The van der Waals surface area contributed by atoms with Gasteiger partial charge in [0.2, 0.25) is 0 Å². The Morgan fingerprint density at radius 1 is 1.26 bits per heavy atom. The van der Waals surface area contributed by atoms with E-state index in [9.17, 15) is 0 Å². The number of H-pyrrole nitrogens is 1. The Hall–Kier alpha value is -1.58. The number of hydrogen-bond donors (Lipinski definition) is 2. The van der Waals surface area contributed by atoms with Crippen molar-refractivity contribution in [2.75, 3.05) is 26.2 Å². The molecule has 1 saturated heterocycles. The molecule has 1 aliphatic heterocycles. The molecule has 0 spiro atoms. The van der Waals surface area contributed by atoms with Gasteiger partial charge in [0.25, 0.3) is 0 Å². The molecule has 1 atom stereocenters. The Labute approximate surface area is 114 Å². The second-order valence-electron chi connectivity index (χ2n) is 5.15. The summed E-state index contributed by atoms with van der Waals surface area (Å²) < 4.78 is 0. The fraction of sp³-hybridized carbons (Fsp3) is 0.375. The van der Waals surface area contributed by atoms with Crippen molar-refractivity contribution in [1.29, 1.82) is 0 Å². The number of benzene rings is 1. The first kappa shape index (κ1) is 12.5. The number of nitrogens with one attached hydrogen (secondary N) is 2. The van der Waals surface area contributed by atoms with E-state index in [4.69, 9.17) is 0 Å². The van der Waals surface area contributed by atoms with Gasteiger partial charge in [-0.2, -0.15) is 0 Å². The Bertz CT molecular complexity index is 552. The fourth-order valence-electron chi connectivity index (χ4n) is 2.92. The Kier molecular flexibility index (Phi) is 3.67. The molecule has 3 rings (SSSR count). The molecule has 2 N–H and O–H groups in total. The molecule has 3 nitrogen and oxygen atoms in total. The van der Waals surface area contributed by atoms with Crippen LogP contribution in [0.4, 0.5) is 0 Å². The van der Waals surface area contributed by atoms with Gasteiger partial charge in [-0.15, -0.1) is 6.58 Å². The molecule has 0 unspecified atom stereocenters. The molecule has 1 aromatic carbocycles. The van der Waals surface area contributed by atoms with Crippen molar-refractivity contribution in [1.82, 2.24) is 15.2 Å². The van der Waals surface area contributed by atoms with Crippen LogP contribution in [0, 0.1) is 0 Å². The van der Waals surface area contributed by atoms with Crippen LogP contribution in [0.5, 0.6) is 0 Å². The quantitative estimate of drug-likeness (QED) is 0.823. The van der Waals surface area contributed by atoms with Crippen molar-refractivity contribution in [2.45, 2.75) is 12.5 Å². The molecule has 2 aromatic rings. The first-order valence-corrected chi connectivity index (χ1v) is 7.01. The topological polar surface area (TPSA) is 31.1 Å². The maximum absolute atomic E-state index is 3.92. The lowest BCUT2D eigenvalue weighted by atomic mass is 10.00. The summed E-state index contributed by atoms with van der Waals surface area (Å²) in [6.45, 7) is 8.31. The first-order valence-electron chi connectivity index (χ1n) is 7.01. The van der Waals surface area contributed by atoms with Crippen LogP contribution < -0.4 is 5.32 Å². The van der Waals surface area contributed by atoms with Gasteiger partial charge in [0.15, 0.2) is 0 Å². The third-order valence-electron chi connectivity index (χ3n) is 3.95. The van der Waals surface area contributed by atoms with E-state index in [2.05, 4.69) is 46.0 Å². The number of aromatic amines is 1. The van der Waals surface area contributed by atoms with Crippen molar-refractivity contribution >= 4 is 10.9 Å². The SMILES string of the molecule is C=CC[C@@H](c1ccc2cc[nH]c2c1)N1CCNCC1. The highest BCUT2D eigenvalue weighted by Crippen LogP contribution is 2.27. The van der Waals surface area contributed by atoms with E-state index >= 15 is 0 Å². The van der Waals surface area contributed by atoms with Gasteiger partial charge in [-0.3, -0.25) is 4.90 Å². The van der Waals surface area contributed by atoms with E-state index in [0.717, 1.165) is 32.6 Å². The van der Waals surface area contributed by atoms with E-state index in [-0.39, 0.29) is 0 Å². The summed E-state index contributed by atoms with van der Waals surface area (Å²) >= 11 is 0. The number of piperazine rings is 1. The van der Waals surface area contributed by atoms with Gasteiger partial charge in [-0.05, 0) is 29.5 Å². The van der Waals surface area contributed by atoms with E-state index in [0.29, 0.717) is 6.04 Å². The van der Waals surface area contributed by atoms with Crippen molar-refractivity contribution in [2.24, 2.45) is 0 Å². The predicted octanol–water partition coefficient (Wildman–Crippen LogP) is 2.69. The third kappa shape index (κ3) is 2.57. The molecule has 100 valence electrons. The van der Waals surface area contributed by atoms with Gasteiger partial charge < -0.3 is 10.3 Å². The fourth-order valence-corrected chi connectivity index (χ4v) is 2.92. The molecule has 0 bridgehead atoms. The molecule has 19 heavy (non-hydrogen) atoms. The molecule has 3 heteroatoms. The smallest absolute Gasteiger partial charge is 0.0457 e. The lowest BCUT2D eigenvalue weighted by Gasteiger charge is -2.34. The number of rotatable bonds is 4. The zero-order valence-electron chi connectivity index (χ0n) is 11.2. The summed E-state index contributed by atoms with van der Waals surface area (Å²) in [4.78, 5) is 5.86. The van der Waals surface area contributed by atoms with Crippen LogP contribution in [0.2, 0.25) is 0 Å². The van der Waals surface area contributed by atoms with Crippen molar-refractivity contribution in [3.05, 3.63) is 48.7 Å². The molecule has 0 amide bonds. The second kappa shape index (κ2) is 5.59. The van der Waals surface area contributed by atoms with Gasteiger partial charge >= 0.3 is 0 Å². The van der Waals surface area contributed by atoms with Gasteiger partial charge in [-0.25, -0.2) is 0 Å². The third-order valence-corrected chi connectivity index (χ3v) is 3.95. The number of hydrogen-bond acceptors (Lipinski definition) is 2. The normalized spacial score (nSPS) is 18.5. The summed E-state index contributed by atoms with van der Waals surface area (Å²) in [5, 5.41) is 4.69. The van der Waals surface area contributed by atoms with Crippen LogP contribution in [0.15, 0.2) is 43.1 Å². The zero-order valence-corrected chi connectivity index (χ0v) is 11.2. The van der Waals surface area contributed by atoms with E-state index < -0.39 is 0 Å². The van der Waals surface area contributed by atoms with Gasteiger partial charge in [0, 0.05) is 43.9 Å². The second-order valence-corrected chi connectivity index (χ2v) is 5.15. The monoisotopic (exact) mass is 255 g/mol. The molecule has 0 aliphatic carbocycles. The van der Waals surface area contributed by atoms with Crippen LogP contribution in [0.1, 0.15) is 18.0 Å². The van der Waals surface area contributed by atoms with Crippen LogP contribution in [0.25, 0.3) is 10.9 Å². The van der Waals surface area contributed by atoms with Crippen LogP contribution in [-0.4, -0.2) is 36.1 Å². The van der Waals surface area contributed by atoms with E-state index in [1.165, 1.54) is 16.5 Å². The van der Waals surface area contributed by atoms with Crippen LogP contribution in [-0.2, 0) is 0 Å². The average molecular weight is 255 g/mol. The first-order chi connectivity index (χ1) is 9.38. The van der Waals surface area contributed by atoms with Gasteiger partial charge in [-0.1, -0.05) is 18.2 Å². The molecular formula is C16H21N3. The minimum atomic E-state index is 0.451. The summed E-state index contributed by atoms with van der Waals surface area (Å²) in [5.41, 5.74) is 2.61. The number of aromatic nitrogens is 1. The maximum Gasteiger partial charge on any atom is 0.0457 e. The van der Waals surface area contributed by atoms with E-state index in [1.807, 2.05) is 12.3 Å². The molecule has 1 aliphatic rings. The van der Waals surface area contributed by atoms with Crippen molar-refractivity contribution in [3.8, 4) is 0 Å². The lowest BCUT2D eigenvalue weighted by molar-refractivity contribution is 0.174. The van der Waals surface area contributed by atoms with Crippen molar-refractivity contribution < 1.29 is 0 Å². The molecule has 0 saturated carbocycles. The summed E-state index contributed by atoms with van der Waals surface area (Å²) in [6.07, 6.45) is 5.04. The largest absolute Gasteiger partial charge is 0.361 e. The van der Waals surface area contributed by atoms with Crippen LogP contribution in [0.3, 0.4) is 0 Å². The zero-order chi connectivity index (χ0) is 13.1. The Balaban J connectivity index is 1.90. The summed E-state index contributed by atoms with van der Waals surface area (Å²) in [5.74, 6) is 0. The molecule has 2 heterocycles. The van der Waals surface area contributed by atoms with Crippen LogP contribution >= 0.6 is 0 Å².